The highest BCUT2D eigenvalue weighted by molar-refractivity contribution is 6.30. The number of benzene rings is 2. The van der Waals surface area contributed by atoms with Crippen molar-refractivity contribution in [2.45, 2.75) is 19.4 Å². The molecule has 0 aromatic heterocycles. The first-order valence-corrected chi connectivity index (χ1v) is 6.66. The second kappa shape index (κ2) is 6.44. The number of ether oxygens (including phenoxy) is 1. The molecule has 20 heavy (non-hydrogen) atoms. The maximum Gasteiger partial charge on any atom is 0.344 e. The van der Waals surface area contributed by atoms with Crippen molar-refractivity contribution in [1.82, 2.24) is 0 Å². The van der Waals surface area contributed by atoms with Gasteiger partial charge in [0.2, 0.25) is 0 Å². The van der Waals surface area contributed by atoms with Crippen molar-refractivity contribution in [3.8, 4) is 5.75 Å². The van der Waals surface area contributed by atoms with Gasteiger partial charge in [0.1, 0.15) is 5.75 Å². The minimum absolute atomic E-state index is 0.549. The Morgan fingerprint density at radius 1 is 1.25 bits per heavy atom. The third-order valence-corrected chi connectivity index (χ3v) is 3.15. The molecule has 0 bridgehead atoms. The van der Waals surface area contributed by atoms with Gasteiger partial charge in [0.15, 0.2) is 6.10 Å². The zero-order valence-corrected chi connectivity index (χ0v) is 11.8. The van der Waals surface area contributed by atoms with E-state index < -0.39 is 12.1 Å². The second-order valence-electron chi connectivity index (χ2n) is 4.51. The van der Waals surface area contributed by atoms with Gasteiger partial charge in [-0.1, -0.05) is 41.9 Å². The van der Waals surface area contributed by atoms with E-state index in [0.717, 1.165) is 11.1 Å². The van der Waals surface area contributed by atoms with E-state index in [1.807, 2.05) is 30.3 Å². The molecule has 0 unspecified atom stereocenters. The maximum absolute atomic E-state index is 10.9. The van der Waals surface area contributed by atoms with Gasteiger partial charge in [-0.2, -0.15) is 0 Å². The molecule has 2 rings (SSSR count). The van der Waals surface area contributed by atoms with Gasteiger partial charge in [-0.3, -0.25) is 0 Å². The molecule has 104 valence electrons. The Bertz CT molecular complexity index is 596. The Labute approximate surface area is 122 Å². The Morgan fingerprint density at radius 2 is 1.95 bits per heavy atom. The van der Waals surface area contributed by atoms with E-state index in [1.54, 1.807) is 18.2 Å². The molecule has 0 saturated heterocycles. The topological polar surface area (TPSA) is 46.5 Å². The Morgan fingerprint density at radius 3 is 2.60 bits per heavy atom. The molecule has 1 N–H and O–H groups in total. The van der Waals surface area contributed by atoms with Crippen molar-refractivity contribution in [1.29, 1.82) is 0 Å². The van der Waals surface area contributed by atoms with Gasteiger partial charge in [-0.05, 0) is 30.7 Å². The molecule has 0 saturated carbocycles. The van der Waals surface area contributed by atoms with Crippen molar-refractivity contribution in [2.75, 3.05) is 0 Å². The first-order chi connectivity index (χ1) is 9.56. The minimum atomic E-state index is -0.995. The molecule has 0 fully saturated rings. The van der Waals surface area contributed by atoms with Crippen molar-refractivity contribution < 1.29 is 14.6 Å². The summed E-state index contributed by atoms with van der Waals surface area (Å²) in [5.74, 6) is -0.446. The average Bonchev–Trinajstić information content (AvgIpc) is 2.42. The van der Waals surface area contributed by atoms with Crippen LogP contribution in [0.25, 0.3) is 0 Å². The number of carbonyl (C=O) groups is 1. The van der Waals surface area contributed by atoms with E-state index in [4.69, 9.17) is 21.4 Å². The number of hydrogen-bond donors (Lipinski definition) is 1. The zero-order chi connectivity index (χ0) is 14.5. The summed E-state index contributed by atoms with van der Waals surface area (Å²) >= 11 is 6.01. The van der Waals surface area contributed by atoms with Gasteiger partial charge in [0, 0.05) is 17.0 Å². The summed E-state index contributed by atoms with van der Waals surface area (Å²) < 4.78 is 5.48. The monoisotopic (exact) mass is 290 g/mol. The molecule has 0 amide bonds. The normalized spacial score (nSPS) is 11.9. The summed E-state index contributed by atoms with van der Waals surface area (Å²) in [4.78, 5) is 10.9. The lowest BCUT2D eigenvalue weighted by Crippen LogP contribution is -2.23. The van der Waals surface area contributed by atoms with Crippen LogP contribution in [0.4, 0.5) is 0 Å². The van der Waals surface area contributed by atoms with Gasteiger partial charge >= 0.3 is 5.97 Å². The van der Waals surface area contributed by atoms with Crippen LogP contribution in [0, 0.1) is 0 Å². The Kier molecular flexibility index (Phi) is 4.64. The van der Waals surface area contributed by atoms with Crippen molar-refractivity contribution >= 4 is 17.6 Å². The molecule has 0 aliphatic heterocycles. The van der Waals surface area contributed by atoms with E-state index in [0.29, 0.717) is 17.2 Å². The predicted molar refractivity (Wildman–Crippen MR) is 78.4 cm³/mol. The molecular weight excluding hydrogens is 276 g/mol. The fourth-order valence-corrected chi connectivity index (χ4v) is 2.05. The molecule has 0 aliphatic carbocycles. The van der Waals surface area contributed by atoms with Gasteiger partial charge in [0.05, 0.1) is 0 Å². The van der Waals surface area contributed by atoms with E-state index in [9.17, 15) is 4.79 Å². The molecule has 0 heterocycles. The van der Waals surface area contributed by atoms with Gasteiger partial charge in [-0.15, -0.1) is 0 Å². The molecule has 0 aliphatic rings. The van der Waals surface area contributed by atoms with Crippen LogP contribution in [-0.4, -0.2) is 17.2 Å². The molecule has 2 aromatic rings. The largest absolute Gasteiger partial charge is 0.479 e. The lowest BCUT2D eigenvalue weighted by atomic mass is 10.0. The molecule has 0 spiro atoms. The molecule has 3 nitrogen and oxygen atoms in total. The summed E-state index contributed by atoms with van der Waals surface area (Å²) in [5, 5.41) is 9.53. The summed E-state index contributed by atoms with van der Waals surface area (Å²) in [6, 6.07) is 15.1. The van der Waals surface area contributed by atoms with Crippen LogP contribution in [0.1, 0.15) is 18.1 Å². The smallest absolute Gasteiger partial charge is 0.344 e. The summed E-state index contributed by atoms with van der Waals surface area (Å²) in [6.07, 6.45) is -0.256. The van der Waals surface area contributed by atoms with E-state index >= 15 is 0 Å². The molecular formula is C16H15ClO3. The third-order valence-electron chi connectivity index (χ3n) is 2.91. The number of rotatable bonds is 5. The van der Waals surface area contributed by atoms with Crippen molar-refractivity contribution in [3.05, 3.63) is 64.7 Å². The van der Waals surface area contributed by atoms with Crippen molar-refractivity contribution in [3.63, 3.8) is 0 Å². The fourth-order valence-electron chi connectivity index (χ4n) is 1.86. The van der Waals surface area contributed by atoms with Crippen LogP contribution in [0.3, 0.4) is 0 Å². The quantitative estimate of drug-likeness (QED) is 0.911. The van der Waals surface area contributed by atoms with Crippen molar-refractivity contribution in [2.24, 2.45) is 0 Å². The molecule has 2 aromatic carbocycles. The number of halogens is 1. The van der Waals surface area contributed by atoms with Gasteiger partial charge in [-0.25, -0.2) is 4.79 Å². The number of carboxylic acid groups (broad SMARTS) is 1. The zero-order valence-electron chi connectivity index (χ0n) is 11.0. The van der Waals surface area contributed by atoms with E-state index in [2.05, 4.69) is 0 Å². The highest BCUT2D eigenvalue weighted by atomic mass is 35.5. The molecule has 1 atom stereocenters. The van der Waals surface area contributed by atoms with Crippen LogP contribution >= 0.6 is 11.6 Å². The molecule has 4 heteroatoms. The van der Waals surface area contributed by atoms with E-state index in [1.165, 1.54) is 6.92 Å². The van der Waals surface area contributed by atoms with E-state index in [-0.39, 0.29) is 0 Å². The predicted octanol–water partition coefficient (Wildman–Crippen LogP) is 3.78. The maximum atomic E-state index is 10.9. The first kappa shape index (κ1) is 14.4. The van der Waals surface area contributed by atoms with Crippen LogP contribution in [0.5, 0.6) is 5.75 Å². The standard InChI is InChI=1S/C16H15ClO3/c1-11(16(18)19)20-15-8-7-14(17)10-13(15)9-12-5-3-2-4-6-12/h2-8,10-11H,9H2,1H3,(H,18,19)/t11-/m0/s1. The lowest BCUT2D eigenvalue weighted by Gasteiger charge is -2.15. The Hall–Kier alpha value is -2.00. The van der Waals surface area contributed by atoms with Crippen LogP contribution in [0.2, 0.25) is 5.02 Å². The van der Waals surface area contributed by atoms with Gasteiger partial charge in [0.25, 0.3) is 0 Å². The highest BCUT2D eigenvalue weighted by Gasteiger charge is 2.15. The average molecular weight is 291 g/mol. The Balaban J connectivity index is 2.26. The minimum Gasteiger partial charge on any atom is -0.479 e. The summed E-state index contributed by atoms with van der Waals surface area (Å²) in [6.45, 7) is 1.50. The summed E-state index contributed by atoms with van der Waals surface area (Å²) in [7, 11) is 0. The summed E-state index contributed by atoms with van der Waals surface area (Å²) in [5.41, 5.74) is 1.99. The van der Waals surface area contributed by atoms with Crippen LogP contribution in [-0.2, 0) is 11.2 Å². The highest BCUT2D eigenvalue weighted by Crippen LogP contribution is 2.26. The third kappa shape index (κ3) is 3.75. The number of carboxylic acids is 1. The number of hydrogen-bond acceptors (Lipinski definition) is 2. The number of aliphatic carboxylic acids is 1. The molecule has 0 radical (unpaired) electrons. The van der Waals surface area contributed by atoms with Gasteiger partial charge < -0.3 is 9.84 Å². The SMILES string of the molecule is C[C@H](Oc1ccc(Cl)cc1Cc1ccccc1)C(=O)O. The second-order valence-corrected chi connectivity index (χ2v) is 4.95. The van der Waals surface area contributed by atoms with Crippen LogP contribution < -0.4 is 4.74 Å². The lowest BCUT2D eigenvalue weighted by molar-refractivity contribution is -0.144. The fraction of sp³-hybridized carbons (Fsp3) is 0.188. The van der Waals surface area contributed by atoms with Crippen LogP contribution in [0.15, 0.2) is 48.5 Å². The first-order valence-electron chi connectivity index (χ1n) is 6.28.